The lowest BCUT2D eigenvalue weighted by Crippen LogP contribution is -1.89. The number of alkyl halides is 1. The highest BCUT2D eigenvalue weighted by Crippen LogP contribution is 2.22. The SMILES string of the molecule is Fc1ccc(Br)c(F)c1C=CCBr. The van der Waals surface area contributed by atoms with Crippen LogP contribution in [-0.2, 0) is 0 Å². The first-order chi connectivity index (χ1) is 6.16. The third kappa shape index (κ3) is 2.61. The van der Waals surface area contributed by atoms with E-state index in [1.54, 1.807) is 6.08 Å². The molecular weight excluding hydrogens is 306 g/mol. The molecule has 0 aliphatic rings. The van der Waals surface area contributed by atoms with Gasteiger partial charge in [0.1, 0.15) is 11.6 Å². The molecule has 1 aromatic carbocycles. The lowest BCUT2D eigenvalue weighted by Gasteiger charge is -2.00. The van der Waals surface area contributed by atoms with Gasteiger partial charge in [-0.25, -0.2) is 8.78 Å². The molecular formula is C9H6Br2F2. The van der Waals surface area contributed by atoms with E-state index in [4.69, 9.17) is 0 Å². The van der Waals surface area contributed by atoms with Gasteiger partial charge in [0.15, 0.2) is 0 Å². The van der Waals surface area contributed by atoms with Crippen molar-refractivity contribution in [2.45, 2.75) is 0 Å². The van der Waals surface area contributed by atoms with Crippen LogP contribution in [0.2, 0.25) is 0 Å². The normalized spacial score (nSPS) is 11.1. The summed E-state index contributed by atoms with van der Waals surface area (Å²) in [4.78, 5) is 0. The summed E-state index contributed by atoms with van der Waals surface area (Å²) in [5.41, 5.74) is -0.0196. The second kappa shape index (κ2) is 4.86. The number of allylic oxidation sites excluding steroid dienone is 1. The van der Waals surface area contributed by atoms with Crippen LogP contribution in [0.1, 0.15) is 5.56 Å². The topological polar surface area (TPSA) is 0 Å². The maximum Gasteiger partial charge on any atom is 0.147 e. The fourth-order valence-electron chi connectivity index (χ4n) is 0.858. The standard InChI is InChI=1S/C9H6Br2F2/c10-5-1-2-6-8(12)4-3-7(11)9(6)13/h1-4H,5H2. The molecule has 1 rings (SSSR count). The summed E-state index contributed by atoms with van der Waals surface area (Å²) in [6.07, 6.45) is 3.04. The van der Waals surface area contributed by atoms with E-state index in [1.807, 2.05) is 0 Å². The predicted molar refractivity (Wildman–Crippen MR) is 56.9 cm³/mol. The van der Waals surface area contributed by atoms with Crippen LogP contribution in [0.4, 0.5) is 8.78 Å². The molecule has 0 heterocycles. The molecule has 0 unspecified atom stereocenters. The third-order valence-corrected chi connectivity index (χ3v) is 2.44. The van der Waals surface area contributed by atoms with Gasteiger partial charge in [0, 0.05) is 10.9 Å². The van der Waals surface area contributed by atoms with Gasteiger partial charge in [-0.05, 0) is 28.1 Å². The molecule has 0 saturated carbocycles. The van der Waals surface area contributed by atoms with Crippen molar-refractivity contribution in [2.75, 3.05) is 5.33 Å². The molecule has 70 valence electrons. The molecule has 0 aliphatic heterocycles. The van der Waals surface area contributed by atoms with E-state index in [-0.39, 0.29) is 10.0 Å². The van der Waals surface area contributed by atoms with Crippen LogP contribution in [0, 0.1) is 11.6 Å². The monoisotopic (exact) mass is 310 g/mol. The van der Waals surface area contributed by atoms with Crippen molar-refractivity contribution in [1.82, 2.24) is 0 Å². The fraction of sp³-hybridized carbons (Fsp3) is 0.111. The van der Waals surface area contributed by atoms with E-state index in [2.05, 4.69) is 31.9 Å². The van der Waals surface area contributed by atoms with Gasteiger partial charge >= 0.3 is 0 Å². The molecule has 13 heavy (non-hydrogen) atoms. The highest BCUT2D eigenvalue weighted by molar-refractivity contribution is 9.10. The molecule has 0 N–H and O–H groups in total. The Balaban J connectivity index is 3.17. The second-order valence-corrected chi connectivity index (χ2v) is 3.82. The van der Waals surface area contributed by atoms with E-state index >= 15 is 0 Å². The Morgan fingerprint density at radius 1 is 1.31 bits per heavy atom. The van der Waals surface area contributed by atoms with Gasteiger partial charge in [-0.1, -0.05) is 28.1 Å². The van der Waals surface area contributed by atoms with Crippen molar-refractivity contribution in [2.24, 2.45) is 0 Å². The van der Waals surface area contributed by atoms with Crippen LogP contribution in [0.5, 0.6) is 0 Å². The molecule has 0 nitrogen and oxygen atoms in total. The fourth-order valence-corrected chi connectivity index (χ4v) is 1.39. The maximum atomic E-state index is 13.2. The summed E-state index contributed by atoms with van der Waals surface area (Å²) in [5.74, 6) is -1.13. The van der Waals surface area contributed by atoms with Crippen LogP contribution >= 0.6 is 31.9 Å². The van der Waals surface area contributed by atoms with Crippen LogP contribution in [0.3, 0.4) is 0 Å². The first-order valence-corrected chi connectivity index (χ1v) is 5.44. The predicted octanol–water partition coefficient (Wildman–Crippen LogP) is 4.14. The number of benzene rings is 1. The van der Waals surface area contributed by atoms with Crippen molar-refractivity contribution >= 4 is 37.9 Å². The van der Waals surface area contributed by atoms with Gasteiger partial charge < -0.3 is 0 Å². The van der Waals surface area contributed by atoms with E-state index in [1.165, 1.54) is 18.2 Å². The van der Waals surface area contributed by atoms with Gasteiger partial charge in [0.2, 0.25) is 0 Å². The largest absolute Gasteiger partial charge is 0.206 e. The molecule has 0 aliphatic carbocycles. The minimum Gasteiger partial charge on any atom is -0.206 e. The van der Waals surface area contributed by atoms with Crippen molar-refractivity contribution < 1.29 is 8.78 Å². The first-order valence-electron chi connectivity index (χ1n) is 3.53. The Morgan fingerprint density at radius 2 is 2.00 bits per heavy atom. The molecule has 1 aromatic rings. The van der Waals surface area contributed by atoms with Gasteiger partial charge in [-0.15, -0.1) is 0 Å². The van der Waals surface area contributed by atoms with E-state index in [0.717, 1.165) is 0 Å². The Kier molecular flexibility index (Phi) is 4.06. The number of rotatable bonds is 2. The summed E-state index contributed by atoms with van der Waals surface area (Å²) in [7, 11) is 0. The lowest BCUT2D eigenvalue weighted by molar-refractivity contribution is 0.574. The second-order valence-electron chi connectivity index (χ2n) is 2.31. The summed E-state index contributed by atoms with van der Waals surface area (Å²) in [6.45, 7) is 0. The Bertz CT molecular complexity index is 335. The summed E-state index contributed by atoms with van der Waals surface area (Å²) < 4.78 is 26.5. The van der Waals surface area contributed by atoms with Gasteiger partial charge in [-0.2, -0.15) is 0 Å². The molecule has 0 saturated heterocycles. The van der Waals surface area contributed by atoms with Crippen molar-refractivity contribution in [3.05, 3.63) is 39.9 Å². The smallest absolute Gasteiger partial charge is 0.147 e. The molecule has 0 fully saturated rings. The Hall–Kier alpha value is -0.220. The highest BCUT2D eigenvalue weighted by Gasteiger charge is 2.08. The molecule has 0 aromatic heterocycles. The average molecular weight is 312 g/mol. The lowest BCUT2D eigenvalue weighted by atomic mass is 10.2. The zero-order chi connectivity index (χ0) is 9.84. The molecule has 0 amide bonds. The minimum atomic E-state index is -0.572. The summed E-state index contributed by atoms with van der Waals surface area (Å²) >= 11 is 6.12. The van der Waals surface area contributed by atoms with Gasteiger partial charge in [0.05, 0.1) is 4.47 Å². The minimum absolute atomic E-state index is 0.0196. The van der Waals surface area contributed by atoms with Crippen molar-refractivity contribution in [1.29, 1.82) is 0 Å². The zero-order valence-corrected chi connectivity index (χ0v) is 9.70. The molecule has 0 spiro atoms. The molecule has 0 bridgehead atoms. The van der Waals surface area contributed by atoms with E-state index in [9.17, 15) is 8.78 Å². The van der Waals surface area contributed by atoms with Crippen LogP contribution in [0.25, 0.3) is 6.08 Å². The number of halogens is 4. The van der Waals surface area contributed by atoms with Gasteiger partial charge in [-0.3, -0.25) is 0 Å². The zero-order valence-electron chi connectivity index (χ0n) is 6.53. The van der Waals surface area contributed by atoms with Crippen LogP contribution in [0.15, 0.2) is 22.7 Å². The van der Waals surface area contributed by atoms with E-state index < -0.39 is 11.6 Å². The molecule has 0 atom stereocenters. The first kappa shape index (κ1) is 10.9. The number of hydrogen-bond acceptors (Lipinski definition) is 0. The molecule has 4 heteroatoms. The molecule has 0 radical (unpaired) electrons. The summed E-state index contributed by atoms with van der Waals surface area (Å²) in [5, 5.41) is 0.568. The van der Waals surface area contributed by atoms with Crippen molar-refractivity contribution in [3.8, 4) is 0 Å². The van der Waals surface area contributed by atoms with Crippen molar-refractivity contribution in [3.63, 3.8) is 0 Å². The summed E-state index contributed by atoms with van der Waals surface area (Å²) in [6, 6.07) is 2.57. The number of hydrogen-bond donors (Lipinski definition) is 0. The average Bonchev–Trinajstić information content (AvgIpc) is 2.12. The van der Waals surface area contributed by atoms with Gasteiger partial charge in [0.25, 0.3) is 0 Å². The van der Waals surface area contributed by atoms with E-state index in [0.29, 0.717) is 5.33 Å². The highest BCUT2D eigenvalue weighted by atomic mass is 79.9. The maximum absolute atomic E-state index is 13.2. The third-order valence-electron chi connectivity index (χ3n) is 1.45. The van der Waals surface area contributed by atoms with Crippen LogP contribution in [-0.4, -0.2) is 5.33 Å². The van der Waals surface area contributed by atoms with Crippen LogP contribution < -0.4 is 0 Å². The quantitative estimate of drug-likeness (QED) is 0.569. The Labute approximate surface area is 91.9 Å². The Morgan fingerprint density at radius 3 is 2.62 bits per heavy atom.